The van der Waals surface area contributed by atoms with Crippen molar-refractivity contribution in [2.45, 2.75) is 18.9 Å². The molecule has 2 aliphatic rings. The zero-order valence-electron chi connectivity index (χ0n) is 11.4. The fraction of sp³-hybridized carbons (Fsp3) is 0.750. The van der Waals surface area contributed by atoms with Gasteiger partial charge in [-0.2, -0.15) is 15.0 Å². The van der Waals surface area contributed by atoms with Gasteiger partial charge >= 0.3 is 0 Å². The van der Waals surface area contributed by atoms with Gasteiger partial charge in [0, 0.05) is 26.2 Å². The Morgan fingerprint density at radius 3 is 2.50 bits per heavy atom. The van der Waals surface area contributed by atoms with E-state index >= 15 is 0 Å². The number of hydrogen-bond acceptors (Lipinski definition) is 8. The predicted molar refractivity (Wildman–Crippen MR) is 74.7 cm³/mol. The SMILES string of the molecule is Nc1nc(N2CCCC2)nc(N2CCOC(CO)C2)n1. The number of aliphatic hydroxyl groups excluding tert-OH is 1. The van der Waals surface area contributed by atoms with Gasteiger partial charge in [0.2, 0.25) is 17.8 Å². The monoisotopic (exact) mass is 280 g/mol. The van der Waals surface area contributed by atoms with Gasteiger partial charge < -0.3 is 25.4 Å². The van der Waals surface area contributed by atoms with E-state index in [1.165, 1.54) is 0 Å². The average molecular weight is 280 g/mol. The molecule has 8 heteroatoms. The molecule has 3 rings (SSSR count). The number of nitrogen functional groups attached to an aromatic ring is 1. The van der Waals surface area contributed by atoms with E-state index in [0.717, 1.165) is 25.9 Å². The largest absolute Gasteiger partial charge is 0.394 e. The summed E-state index contributed by atoms with van der Waals surface area (Å²) in [6.45, 7) is 3.74. The minimum absolute atomic E-state index is 0.00392. The second kappa shape index (κ2) is 5.76. The van der Waals surface area contributed by atoms with Crippen LogP contribution in [0.4, 0.5) is 17.8 Å². The van der Waals surface area contributed by atoms with Crippen LogP contribution in [0.25, 0.3) is 0 Å². The van der Waals surface area contributed by atoms with Gasteiger partial charge in [0.15, 0.2) is 0 Å². The summed E-state index contributed by atoms with van der Waals surface area (Å²) in [4.78, 5) is 17.1. The molecule has 2 fully saturated rings. The molecule has 1 aromatic heterocycles. The molecule has 1 unspecified atom stereocenters. The Morgan fingerprint density at radius 2 is 1.80 bits per heavy atom. The molecule has 3 heterocycles. The molecule has 0 bridgehead atoms. The second-order valence-electron chi connectivity index (χ2n) is 5.11. The quantitative estimate of drug-likeness (QED) is 0.746. The van der Waals surface area contributed by atoms with Gasteiger partial charge in [-0.3, -0.25) is 0 Å². The maximum absolute atomic E-state index is 9.20. The molecule has 0 aromatic carbocycles. The molecule has 0 aliphatic carbocycles. The molecule has 0 radical (unpaired) electrons. The summed E-state index contributed by atoms with van der Waals surface area (Å²) in [6.07, 6.45) is 2.12. The zero-order chi connectivity index (χ0) is 13.9. The van der Waals surface area contributed by atoms with Crippen LogP contribution in [0.2, 0.25) is 0 Å². The molecule has 0 spiro atoms. The molecule has 1 aromatic rings. The molecule has 3 N–H and O–H groups in total. The highest BCUT2D eigenvalue weighted by Crippen LogP contribution is 2.20. The van der Waals surface area contributed by atoms with Crippen molar-refractivity contribution in [3.8, 4) is 0 Å². The van der Waals surface area contributed by atoms with Crippen LogP contribution in [0.5, 0.6) is 0 Å². The minimum Gasteiger partial charge on any atom is -0.394 e. The summed E-state index contributed by atoms with van der Waals surface area (Å²) in [7, 11) is 0. The van der Waals surface area contributed by atoms with Crippen LogP contribution in [-0.2, 0) is 4.74 Å². The lowest BCUT2D eigenvalue weighted by Crippen LogP contribution is -2.45. The first kappa shape index (κ1) is 13.3. The van der Waals surface area contributed by atoms with E-state index in [1.54, 1.807) is 0 Å². The van der Waals surface area contributed by atoms with Crippen LogP contribution in [0.3, 0.4) is 0 Å². The first-order valence-electron chi connectivity index (χ1n) is 7.00. The third kappa shape index (κ3) is 2.75. The Morgan fingerprint density at radius 1 is 1.10 bits per heavy atom. The maximum atomic E-state index is 9.20. The van der Waals surface area contributed by atoms with Gasteiger partial charge in [-0.15, -0.1) is 0 Å². The summed E-state index contributed by atoms with van der Waals surface area (Å²) in [5.74, 6) is 1.46. The fourth-order valence-corrected chi connectivity index (χ4v) is 2.58. The average Bonchev–Trinajstić information content (AvgIpc) is 3.01. The van der Waals surface area contributed by atoms with E-state index in [1.807, 2.05) is 4.90 Å². The predicted octanol–water partition coefficient (Wildman–Crippen LogP) is -0.748. The van der Waals surface area contributed by atoms with E-state index in [4.69, 9.17) is 10.5 Å². The third-order valence-electron chi connectivity index (χ3n) is 3.64. The van der Waals surface area contributed by atoms with Gasteiger partial charge in [-0.05, 0) is 12.8 Å². The molecule has 110 valence electrons. The number of aliphatic hydroxyl groups is 1. The summed E-state index contributed by atoms with van der Waals surface area (Å²) in [5, 5.41) is 9.20. The van der Waals surface area contributed by atoms with Crippen molar-refractivity contribution in [3.05, 3.63) is 0 Å². The van der Waals surface area contributed by atoms with Crippen LogP contribution < -0.4 is 15.5 Å². The molecule has 0 saturated carbocycles. The molecule has 8 nitrogen and oxygen atoms in total. The number of rotatable bonds is 3. The van der Waals surface area contributed by atoms with E-state index in [9.17, 15) is 5.11 Å². The molecule has 2 aliphatic heterocycles. The summed E-state index contributed by atoms with van der Waals surface area (Å²) in [5.41, 5.74) is 5.80. The maximum Gasteiger partial charge on any atom is 0.232 e. The van der Waals surface area contributed by atoms with Crippen molar-refractivity contribution in [1.82, 2.24) is 15.0 Å². The molecular weight excluding hydrogens is 260 g/mol. The number of anilines is 3. The minimum atomic E-state index is -0.197. The second-order valence-corrected chi connectivity index (χ2v) is 5.11. The lowest BCUT2D eigenvalue weighted by atomic mass is 10.3. The van der Waals surface area contributed by atoms with Crippen molar-refractivity contribution in [3.63, 3.8) is 0 Å². The summed E-state index contributed by atoms with van der Waals surface area (Å²) < 4.78 is 5.43. The molecule has 1 atom stereocenters. The highest BCUT2D eigenvalue weighted by Gasteiger charge is 2.24. The van der Waals surface area contributed by atoms with E-state index in [0.29, 0.717) is 31.6 Å². The Labute approximate surface area is 117 Å². The van der Waals surface area contributed by atoms with Gasteiger partial charge in [0.25, 0.3) is 0 Å². The highest BCUT2D eigenvalue weighted by atomic mass is 16.5. The zero-order valence-corrected chi connectivity index (χ0v) is 11.4. The lowest BCUT2D eigenvalue weighted by molar-refractivity contribution is 0.00314. The standard InChI is InChI=1S/C12H20N6O2/c13-10-14-11(17-3-1-2-4-17)16-12(15-10)18-5-6-20-9(7-18)8-19/h9,19H,1-8H2,(H2,13,14,15,16). The van der Waals surface area contributed by atoms with Crippen LogP contribution in [-0.4, -0.2) is 65.6 Å². The Balaban J connectivity index is 1.81. The highest BCUT2D eigenvalue weighted by molar-refractivity contribution is 5.44. The van der Waals surface area contributed by atoms with E-state index < -0.39 is 0 Å². The van der Waals surface area contributed by atoms with Crippen molar-refractivity contribution in [2.75, 3.05) is 54.9 Å². The number of ether oxygens (including phenoxy) is 1. The molecule has 20 heavy (non-hydrogen) atoms. The summed E-state index contributed by atoms with van der Waals surface area (Å²) >= 11 is 0. The van der Waals surface area contributed by atoms with E-state index in [2.05, 4.69) is 19.9 Å². The van der Waals surface area contributed by atoms with Crippen molar-refractivity contribution >= 4 is 17.8 Å². The first-order valence-corrected chi connectivity index (χ1v) is 7.00. The normalized spacial score (nSPS) is 23.4. The molecular formula is C12H20N6O2. The third-order valence-corrected chi connectivity index (χ3v) is 3.64. The number of nitrogens with two attached hydrogens (primary N) is 1. The molecule has 0 amide bonds. The van der Waals surface area contributed by atoms with Crippen LogP contribution in [0, 0.1) is 0 Å². The number of aromatic nitrogens is 3. The van der Waals surface area contributed by atoms with E-state index in [-0.39, 0.29) is 18.7 Å². The Bertz CT molecular complexity index is 465. The summed E-state index contributed by atoms with van der Waals surface area (Å²) in [6, 6.07) is 0. The van der Waals surface area contributed by atoms with Gasteiger partial charge in [0.05, 0.1) is 19.3 Å². The first-order chi connectivity index (χ1) is 9.76. The number of hydrogen-bond donors (Lipinski definition) is 2. The van der Waals surface area contributed by atoms with Crippen molar-refractivity contribution in [1.29, 1.82) is 0 Å². The lowest BCUT2D eigenvalue weighted by Gasteiger charge is -2.32. The van der Waals surface area contributed by atoms with Gasteiger partial charge in [-0.25, -0.2) is 0 Å². The molecule has 2 saturated heterocycles. The fourth-order valence-electron chi connectivity index (χ4n) is 2.58. The number of nitrogens with zero attached hydrogens (tertiary/aromatic N) is 5. The topological polar surface area (TPSA) is 101 Å². The van der Waals surface area contributed by atoms with Crippen molar-refractivity contribution < 1.29 is 9.84 Å². The Hall–Kier alpha value is -1.67. The number of morpholine rings is 1. The van der Waals surface area contributed by atoms with Crippen LogP contribution in [0.15, 0.2) is 0 Å². The smallest absolute Gasteiger partial charge is 0.232 e. The van der Waals surface area contributed by atoms with Crippen molar-refractivity contribution in [2.24, 2.45) is 0 Å². The van der Waals surface area contributed by atoms with Gasteiger partial charge in [0.1, 0.15) is 0 Å². The van der Waals surface area contributed by atoms with Crippen LogP contribution >= 0.6 is 0 Å². The van der Waals surface area contributed by atoms with Crippen LogP contribution in [0.1, 0.15) is 12.8 Å². The van der Waals surface area contributed by atoms with Gasteiger partial charge in [-0.1, -0.05) is 0 Å². The Kier molecular flexibility index (Phi) is 3.83.